The van der Waals surface area contributed by atoms with E-state index in [0.717, 1.165) is 24.3 Å². The molecule has 1 aliphatic heterocycles. The summed E-state index contributed by atoms with van der Waals surface area (Å²) < 4.78 is 23.2. The van der Waals surface area contributed by atoms with Crippen LogP contribution in [-0.4, -0.2) is 45.0 Å². The molecule has 0 bridgehead atoms. The molecule has 1 N–H and O–H groups in total. The van der Waals surface area contributed by atoms with Crippen molar-refractivity contribution in [1.29, 1.82) is 0 Å². The van der Waals surface area contributed by atoms with Gasteiger partial charge in [0.05, 0.1) is 29.1 Å². The summed E-state index contributed by atoms with van der Waals surface area (Å²) in [5, 5.41) is 3.23. The van der Waals surface area contributed by atoms with Gasteiger partial charge in [-0.25, -0.2) is 8.42 Å². The molecular weight excluding hydrogens is 274 g/mol. The fraction of sp³-hybridized carbons (Fsp3) is 0.643. The number of aromatic nitrogens is 1. The third-order valence-corrected chi connectivity index (χ3v) is 5.52. The van der Waals surface area contributed by atoms with Crippen molar-refractivity contribution in [2.45, 2.75) is 25.8 Å². The zero-order valence-corrected chi connectivity index (χ0v) is 13.0. The lowest BCUT2D eigenvalue weighted by Crippen LogP contribution is -2.27. The van der Waals surface area contributed by atoms with E-state index in [0.29, 0.717) is 18.7 Å². The molecule has 1 unspecified atom stereocenters. The lowest BCUT2D eigenvalue weighted by Gasteiger charge is -2.22. The second-order valence-electron chi connectivity index (χ2n) is 5.18. The smallest absolute Gasteiger partial charge is 0.152 e. The van der Waals surface area contributed by atoms with Crippen molar-refractivity contribution in [3.8, 4) is 0 Å². The monoisotopic (exact) mass is 297 g/mol. The minimum Gasteiger partial charge on any atom is -0.369 e. The molecule has 2 heterocycles. The molecule has 0 spiro atoms. The van der Waals surface area contributed by atoms with Crippen LogP contribution in [0.25, 0.3) is 0 Å². The maximum atomic E-state index is 11.6. The van der Waals surface area contributed by atoms with Crippen molar-refractivity contribution in [2.75, 3.05) is 36.5 Å². The SMILES string of the molecule is CCC(NC)c1ccc(N2CCCS(=O)(=O)CC2)cn1. The van der Waals surface area contributed by atoms with Gasteiger partial charge in [0.1, 0.15) is 0 Å². The van der Waals surface area contributed by atoms with Gasteiger partial charge < -0.3 is 10.2 Å². The predicted molar refractivity (Wildman–Crippen MR) is 81.8 cm³/mol. The average molecular weight is 297 g/mol. The van der Waals surface area contributed by atoms with Gasteiger partial charge in [0.25, 0.3) is 0 Å². The van der Waals surface area contributed by atoms with Crippen molar-refractivity contribution in [2.24, 2.45) is 0 Å². The number of hydrogen-bond donors (Lipinski definition) is 1. The number of sulfone groups is 1. The van der Waals surface area contributed by atoms with E-state index in [2.05, 4.69) is 22.1 Å². The minimum absolute atomic E-state index is 0.239. The number of nitrogens with zero attached hydrogens (tertiary/aromatic N) is 2. The second-order valence-corrected chi connectivity index (χ2v) is 7.49. The van der Waals surface area contributed by atoms with Gasteiger partial charge in [-0.05, 0) is 32.0 Å². The zero-order valence-electron chi connectivity index (χ0n) is 12.2. The molecule has 1 saturated heterocycles. The highest BCUT2D eigenvalue weighted by Gasteiger charge is 2.19. The van der Waals surface area contributed by atoms with Crippen LogP contribution in [0.1, 0.15) is 31.5 Å². The predicted octanol–water partition coefficient (Wildman–Crippen LogP) is 1.38. The second kappa shape index (κ2) is 6.54. The first-order valence-electron chi connectivity index (χ1n) is 7.14. The summed E-state index contributed by atoms with van der Waals surface area (Å²) in [5.74, 6) is 0.537. The fourth-order valence-corrected chi connectivity index (χ4v) is 3.82. The summed E-state index contributed by atoms with van der Waals surface area (Å²) in [5.41, 5.74) is 2.04. The summed E-state index contributed by atoms with van der Waals surface area (Å²) in [6, 6.07) is 4.34. The third-order valence-electron chi connectivity index (χ3n) is 3.81. The van der Waals surface area contributed by atoms with Crippen molar-refractivity contribution in [3.63, 3.8) is 0 Å². The van der Waals surface area contributed by atoms with Gasteiger partial charge in [-0.1, -0.05) is 6.92 Å². The Labute approximate surface area is 121 Å². The van der Waals surface area contributed by atoms with Gasteiger partial charge in [-0.2, -0.15) is 0 Å². The first-order chi connectivity index (χ1) is 9.55. The van der Waals surface area contributed by atoms with Crippen molar-refractivity contribution in [3.05, 3.63) is 24.0 Å². The van der Waals surface area contributed by atoms with Crippen LogP contribution < -0.4 is 10.2 Å². The molecule has 0 radical (unpaired) electrons. The first-order valence-corrected chi connectivity index (χ1v) is 8.96. The molecule has 0 aromatic carbocycles. The van der Waals surface area contributed by atoms with Gasteiger partial charge >= 0.3 is 0 Å². The van der Waals surface area contributed by atoms with Crippen molar-refractivity contribution in [1.82, 2.24) is 10.3 Å². The van der Waals surface area contributed by atoms with E-state index in [4.69, 9.17) is 0 Å². The van der Waals surface area contributed by atoms with E-state index < -0.39 is 9.84 Å². The van der Waals surface area contributed by atoms with Gasteiger partial charge in [-0.3, -0.25) is 4.98 Å². The average Bonchev–Trinajstić information content (AvgIpc) is 2.62. The third kappa shape index (κ3) is 3.70. The van der Waals surface area contributed by atoms with Crippen LogP contribution in [-0.2, 0) is 9.84 Å². The first kappa shape index (κ1) is 15.3. The quantitative estimate of drug-likeness (QED) is 0.909. The highest BCUT2D eigenvalue weighted by molar-refractivity contribution is 7.91. The molecule has 5 nitrogen and oxygen atoms in total. The Kier molecular flexibility index (Phi) is 4.99. The molecule has 0 saturated carbocycles. The standard InChI is InChI=1S/C14H23N3O2S/c1-3-13(15-2)14-6-5-12(11-16-14)17-7-4-9-20(18,19)10-8-17/h5-6,11,13,15H,3-4,7-10H2,1-2H3. The van der Waals surface area contributed by atoms with E-state index in [-0.39, 0.29) is 11.8 Å². The summed E-state index contributed by atoms with van der Waals surface area (Å²) >= 11 is 0. The summed E-state index contributed by atoms with van der Waals surface area (Å²) in [6.45, 7) is 3.46. The van der Waals surface area contributed by atoms with Crippen LogP contribution in [0.4, 0.5) is 5.69 Å². The number of hydrogen-bond acceptors (Lipinski definition) is 5. The molecule has 20 heavy (non-hydrogen) atoms. The molecule has 1 aliphatic rings. The van der Waals surface area contributed by atoms with Crippen LogP contribution in [0.5, 0.6) is 0 Å². The Morgan fingerprint density at radius 3 is 2.75 bits per heavy atom. The van der Waals surface area contributed by atoms with Crippen LogP contribution in [0, 0.1) is 0 Å². The summed E-state index contributed by atoms with van der Waals surface area (Å²) in [4.78, 5) is 6.62. The Morgan fingerprint density at radius 2 is 2.15 bits per heavy atom. The molecular formula is C14H23N3O2S. The van der Waals surface area contributed by atoms with Gasteiger partial charge in [0, 0.05) is 19.1 Å². The number of pyridine rings is 1. The Morgan fingerprint density at radius 1 is 1.35 bits per heavy atom. The molecule has 1 atom stereocenters. The van der Waals surface area contributed by atoms with Crippen LogP contribution in [0.2, 0.25) is 0 Å². The van der Waals surface area contributed by atoms with Gasteiger partial charge in [0.15, 0.2) is 9.84 Å². The zero-order chi connectivity index (χ0) is 14.6. The Hall–Kier alpha value is -1.14. The van der Waals surface area contributed by atoms with E-state index in [1.54, 1.807) is 0 Å². The Bertz CT molecular complexity index is 524. The highest BCUT2D eigenvalue weighted by Crippen LogP contribution is 2.20. The summed E-state index contributed by atoms with van der Waals surface area (Å²) in [6.07, 6.45) is 3.54. The summed E-state index contributed by atoms with van der Waals surface area (Å²) in [7, 11) is -0.928. The van der Waals surface area contributed by atoms with Crippen LogP contribution in [0.15, 0.2) is 18.3 Å². The molecule has 1 fully saturated rings. The molecule has 0 aliphatic carbocycles. The van der Waals surface area contributed by atoms with E-state index >= 15 is 0 Å². The van der Waals surface area contributed by atoms with Gasteiger partial charge in [0.2, 0.25) is 0 Å². The normalized spacial score (nSPS) is 20.4. The van der Waals surface area contributed by atoms with Crippen molar-refractivity contribution >= 4 is 15.5 Å². The lowest BCUT2D eigenvalue weighted by molar-refractivity contribution is 0.561. The molecule has 6 heteroatoms. The maximum Gasteiger partial charge on any atom is 0.152 e. The fourth-order valence-electron chi connectivity index (χ4n) is 2.55. The molecule has 1 aromatic rings. The van der Waals surface area contributed by atoms with Crippen LogP contribution in [0.3, 0.4) is 0 Å². The Balaban J connectivity index is 2.10. The number of rotatable bonds is 4. The highest BCUT2D eigenvalue weighted by atomic mass is 32.2. The number of anilines is 1. The lowest BCUT2D eigenvalue weighted by atomic mass is 10.1. The topological polar surface area (TPSA) is 62.3 Å². The maximum absolute atomic E-state index is 11.6. The van der Waals surface area contributed by atoms with Crippen LogP contribution >= 0.6 is 0 Å². The van der Waals surface area contributed by atoms with E-state index in [1.807, 2.05) is 25.4 Å². The van der Waals surface area contributed by atoms with Crippen molar-refractivity contribution < 1.29 is 8.42 Å². The van der Waals surface area contributed by atoms with Gasteiger partial charge in [-0.15, -0.1) is 0 Å². The molecule has 1 aromatic heterocycles. The van der Waals surface area contributed by atoms with E-state index in [9.17, 15) is 8.42 Å². The molecule has 0 amide bonds. The minimum atomic E-state index is -2.86. The number of nitrogens with one attached hydrogen (secondary N) is 1. The largest absolute Gasteiger partial charge is 0.369 e. The molecule has 2 rings (SSSR count). The molecule has 112 valence electrons. The van der Waals surface area contributed by atoms with E-state index in [1.165, 1.54) is 0 Å².